The van der Waals surface area contributed by atoms with Crippen molar-refractivity contribution >= 4 is 0 Å². The molecule has 0 bridgehead atoms. The van der Waals surface area contributed by atoms with Crippen molar-refractivity contribution in [3.63, 3.8) is 0 Å². The third-order valence-electron chi connectivity index (χ3n) is 4.10. The van der Waals surface area contributed by atoms with Crippen LogP contribution in [0.4, 0.5) is 0 Å². The Bertz CT molecular complexity index is 425. The number of nitrogens with one attached hydrogen (secondary N) is 1. The fraction of sp³-hybridized carbons (Fsp3) is 0.647. The quantitative estimate of drug-likeness (QED) is 0.798. The van der Waals surface area contributed by atoms with Gasteiger partial charge >= 0.3 is 0 Å². The fourth-order valence-corrected chi connectivity index (χ4v) is 2.96. The minimum Gasteiger partial charge on any atom is -0.497 e. The molecule has 1 aromatic rings. The number of hydrazine groups is 1. The van der Waals surface area contributed by atoms with Gasteiger partial charge in [-0.25, -0.2) is 5.01 Å². The van der Waals surface area contributed by atoms with Crippen LogP contribution >= 0.6 is 0 Å². The van der Waals surface area contributed by atoms with Gasteiger partial charge < -0.3 is 9.47 Å². The van der Waals surface area contributed by atoms with E-state index in [0.29, 0.717) is 12.0 Å². The van der Waals surface area contributed by atoms with Crippen LogP contribution in [0, 0.1) is 5.92 Å². The zero-order valence-corrected chi connectivity index (χ0v) is 13.5. The molecule has 1 aliphatic rings. The number of methoxy groups -OCH3 is 2. The summed E-state index contributed by atoms with van der Waals surface area (Å²) in [6.07, 6.45) is 3.55. The van der Waals surface area contributed by atoms with Gasteiger partial charge in [0.25, 0.3) is 0 Å². The highest BCUT2D eigenvalue weighted by atomic mass is 16.5. The normalized spacial score (nSPS) is 20.6. The van der Waals surface area contributed by atoms with Gasteiger partial charge in [-0.2, -0.15) is 0 Å². The minimum absolute atomic E-state index is 0.527. The van der Waals surface area contributed by atoms with E-state index in [9.17, 15) is 0 Å². The van der Waals surface area contributed by atoms with Gasteiger partial charge in [-0.1, -0.05) is 19.1 Å². The van der Waals surface area contributed by atoms with Crippen molar-refractivity contribution < 1.29 is 9.47 Å². The van der Waals surface area contributed by atoms with Crippen LogP contribution in [0.2, 0.25) is 0 Å². The van der Waals surface area contributed by atoms with Crippen molar-refractivity contribution in [2.24, 2.45) is 5.92 Å². The van der Waals surface area contributed by atoms with E-state index in [2.05, 4.69) is 35.6 Å². The molecule has 1 aromatic carbocycles. The molecule has 1 unspecified atom stereocenters. The summed E-state index contributed by atoms with van der Waals surface area (Å²) in [6, 6.07) is 8.87. The molecule has 0 radical (unpaired) electrons. The highest BCUT2D eigenvalue weighted by Crippen LogP contribution is 2.17. The first-order valence-electron chi connectivity index (χ1n) is 7.85. The van der Waals surface area contributed by atoms with Crippen LogP contribution in [0.5, 0.6) is 5.75 Å². The Hall–Kier alpha value is -1.10. The minimum atomic E-state index is 0.527. The largest absolute Gasteiger partial charge is 0.497 e. The van der Waals surface area contributed by atoms with E-state index in [-0.39, 0.29) is 0 Å². The summed E-state index contributed by atoms with van der Waals surface area (Å²) in [5, 5.41) is 2.35. The lowest BCUT2D eigenvalue weighted by molar-refractivity contribution is 0.0798. The molecule has 4 heteroatoms. The number of hydrogen-bond acceptors (Lipinski definition) is 4. The van der Waals surface area contributed by atoms with Crippen molar-refractivity contribution in [3.05, 3.63) is 29.8 Å². The molecule has 2 rings (SSSR count). The van der Waals surface area contributed by atoms with Gasteiger partial charge in [-0.15, -0.1) is 0 Å². The molecule has 0 saturated carbocycles. The van der Waals surface area contributed by atoms with Crippen LogP contribution < -0.4 is 10.2 Å². The van der Waals surface area contributed by atoms with Crippen molar-refractivity contribution in [1.82, 2.24) is 10.4 Å². The van der Waals surface area contributed by atoms with E-state index in [4.69, 9.17) is 9.47 Å². The Morgan fingerprint density at radius 2 is 2.24 bits per heavy atom. The SMILES string of the molecule is COC[C@@H]1CCCN1NCC(C)Cc1cccc(OC)c1. The van der Waals surface area contributed by atoms with Crippen molar-refractivity contribution in [2.75, 3.05) is 33.9 Å². The maximum Gasteiger partial charge on any atom is 0.119 e. The first kappa shape index (κ1) is 16.3. The summed E-state index contributed by atoms with van der Waals surface area (Å²) in [7, 11) is 3.50. The Morgan fingerprint density at radius 1 is 1.38 bits per heavy atom. The summed E-state index contributed by atoms with van der Waals surface area (Å²) in [5.41, 5.74) is 4.92. The third kappa shape index (κ3) is 4.99. The number of rotatable bonds is 8. The first-order valence-corrected chi connectivity index (χ1v) is 7.85. The maximum atomic E-state index is 5.29. The second-order valence-electron chi connectivity index (χ2n) is 5.97. The van der Waals surface area contributed by atoms with Gasteiger partial charge in [0, 0.05) is 26.2 Å². The van der Waals surface area contributed by atoms with Crippen molar-refractivity contribution in [3.8, 4) is 5.75 Å². The number of benzene rings is 1. The number of ether oxygens (including phenoxy) is 2. The Morgan fingerprint density at radius 3 is 3.00 bits per heavy atom. The maximum absolute atomic E-state index is 5.29. The van der Waals surface area contributed by atoms with Gasteiger partial charge in [0.1, 0.15) is 5.75 Å². The highest BCUT2D eigenvalue weighted by molar-refractivity contribution is 5.28. The van der Waals surface area contributed by atoms with E-state index in [1.807, 2.05) is 6.07 Å². The van der Waals surface area contributed by atoms with Gasteiger partial charge in [0.05, 0.1) is 13.7 Å². The summed E-state index contributed by atoms with van der Waals surface area (Å²) >= 11 is 0. The molecule has 1 N–H and O–H groups in total. The second-order valence-corrected chi connectivity index (χ2v) is 5.97. The van der Waals surface area contributed by atoms with E-state index < -0.39 is 0 Å². The molecule has 1 heterocycles. The Kier molecular flexibility index (Phi) is 6.49. The molecule has 21 heavy (non-hydrogen) atoms. The molecule has 0 aromatic heterocycles. The lowest BCUT2D eigenvalue weighted by Gasteiger charge is -2.26. The van der Waals surface area contributed by atoms with Crippen LogP contribution in [0.1, 0.15) is 25.3 Å². The molecule has 2 atom stereocenters. The standard InChI is InChI=1S/C17H28N2O2/c1-14(10-15-6-4-8-17(11-15)21-3)12-18-19-9-5-7-16(19)13-20-2/h4,6,8,11,14,16,18H,5,7,9-10,12-13H2,1-3H3/t14?,16-/m0/s1. The summed E-state index contributed by atoms with van der Waals surface area (Å²) < 4.78 is 10.6. The van der Waals surface area contributed by atoms with E-state index >= 15 is 0 Å². The number of hydrogen-bond donors (Lipinski definition) is 1. The van der Waals surface area contributed by atoms with Crippen molar-refractivity contribution in [1.29, 1.82) is 0 Å². The van der Waals surface area contributed by atoms with Crippen LogP contribution in [0.25, 0.3) is 0 Å². The molecule has 0 spiro atoms. The van der Waals surface area contributed by atoms with Gasteiger partial charge in [0.15, 0.2) is 0 Å². The zero-order chi connectivity index (χ0) is 15.1. The summed E-state index contributed by atoms with van der Waals surface area (Å²) in [5.74, 6) is 1.52. The first-order chi connectivity index (χ1) is 10.2. The predicted molar refractivity (Wildman–Crippen MR) is 85.5 cm³/mol. The topological polar surface area (TPSA) is 33.7 Å². The van der Waals surface area contributed by atoms with Crippen LogP contribution in [-0.2, 0) is 11.2 Å². The van der Waals surface area contributed by atoms with Crippen LogP contribution in [-0.4, -0.2) is 45.0 Å². The van der Waals surface area contributed by atoms with E-state index in [1.54, 1.807) is 14.2 Å². The summed E-state index contributed by atoms with van der Waals surface area (Å²) in [6.45, 7) is 5.22. The molecular weight excluding hydrogens is 264 g/mol. The molecule has 1 aliphatic heterocycles. The lowest BCUT2D eigenvalue weighted by Crippen LogP contribution is -2.45. The van der Waals surface area contributed by atoms with Gasteiger partial charge in [0.2, 0.25) is 0 Å². The average Bonchev–Trinajstić information content (AvgIpc) is 2.93. The second kappa shape index (κ2) is 8.37. The predicted octanol–water partition coefficient (Wildman–Crippen LogP) is 2.49. The monoisotopic (exact) mass is 292 g/mol. The highest BCUT2D eigenvalue weighted by Gasteiger charge is 2.24. The molecule has 4 nitrogen and oxygen atoms in total. The zero-order valence-electron chi connectivity index (χ0n) is 13.5. The van der Waals surface area contributed by atoms with Crippen LogP contribution in [0.15, 0.2) is 24.3 Å². The summed E-state index contributed by atoms with van der Waals surface area (Å²) in [4.78, 5) is 0. The average molecular weight is 292 g/mol. The Balaban J connectivity index is 1.77. The van der Waals surface area contributed by atoms with Gasteiger partial charge in [-0.05, 0) is 42.9 Å². The number of nitrogens with zero attached hydrogens (tertiary/aromatic N) is 1. The van der Waals surface area contributed by atoms with Gasteiger partial charge in [-0.3, -0.25) is 5.43 Å². The van der Waals surface area contributed by atoms with Crippen molar-refractivity contribution in [2.45, 2.75) is 32.2 Å². The molecule has 0 amide bonds. The third-order valence-corrected chi connectivity index (χ3v) is 4.10. The lowest BCUT2D eigenvalue weighted by atomic mass is 10.0. The molecule has 1 fully saturated rings. The van der Waals surface area contributed by atoms with Crippen LogP contribution in [0.3, 0.4) is 0 Å². The molecule has 0 aliphatic carbocycles. The Labute approximate surface area is 128 Å². The smallest absolute Gasteiger partial charge is 0.119 e. The van der Waals surface area contributed by atoms with E-state index in [0.717, 1.165) is 31.9 Å². The molecule has 118 valence electrons. The molecule has 1 saturated heterocycles. The van der Waals surface area contributed by atoms with E-state index in [1.165, 1.54) is 18.4 Å². The molecular formula is C17H28N2O2. The fourth-order valence-electron chi connectivity index (χ4n) is 2.96.